The number of imidazole rings is 1. The highest BCUT2D eigenvalue weighted by Crippen LogP contribution is 2.28. The van der Waals surface area contributed by atoms with Crippen molar-refractivity contribution >= 4 is 38.6 Å². The molecule has 0 aliphatic rings. The molecule has 1 aromatic carbocycles. The highest BCUT2D eigenvalue weighted by Gasteiger charge is 2.06. The maximum atomic E-state index is 5.95. The van der Waals surface area contributed by atoms with Crippen molar-refractivity contribution in [2.24, 2.45) is 7.05 Å². The molecule has 12 heavy (non-hydrogen) atoms. The topological polar surface area (TPSA) is 17.8 Å². The number of halogens is 2. The third-order valence-electron chi connectivity index (χ3n) is 1.77. The van der Waals surface area contributed by atoms with Gasteiger partial charge in [-0.1, -0.05) is 11.6 Å². The van der Waals surface area contributed by atoms with Crippen molar-refractivity contribution < 1.29 is 0 Å². The van der Waals surface area contributed by atoms with Crippen molar-refractivity contribution in [2.75, 3.05) is 0 Å². The molecule has 0 aliphatic heterocycles. The third-order valence-corrected chi connectivity index (χ3v) is 2.71. The number of fused-ring (bicyclic) bond motifs is 1. The van der Waals surface area contributed by atoms with E-state index in [1.807, 2.05) is 23.7 Å². The summed E-state index contributed by atoms with van der Waals surface area (Å²) < 4.78 is 2.95. The van der Waals surface area contributed by atoms with Crippen LogP contribution in [0.1, 0.15) is 0 Å². The minimum Gasteiger partial charge on any atom is -0.333 e. The summed E-state index contributed by atoms with van der Waals surface area (Å²) in [6, 6.07) is 3.76. The van der Waals surface area contributed by atoms with Gasteiger partial charge in [0.25, 0.3) is 0 Å². The van der Waals surface area contributed by atoms with Gasteiger partial charge in [-0.05, 0) is 28.1 Å². The van der Waals surface area contributed by atoms with E-state index < -0.39 is 0 Å². The number of nitrogens with zero attached hydrogens (tertiary/aromatic N) is 2. The summed E-state index contributed by atoms with van der Waals surface area (Å²) in [6.07, 6.45) is 1.75. The molecule has 2 rings (SSSR count). The maximum absolute atomic E-state index is 5.95. The van der Waals surface area contributed by atoms with Crippen molar-refractivity contribution in [3.05, 3.63) is 28.0 Å². The molecule has 0 amide bonds. The molecule has 0 atom stereocenters. The maximum Gasteiger partial charge on any atom is 0.108 e. The minimum atomic E-state index is 0.689. The zero-order valence-electron chi connectivity index (χ0n) is 6.38. The highest BCUT2D eigenvalue weighted by molar-refractivity contribution is 9.10. The second-order valence-electron chi connectivity index (χ2n) is 2.58. The molecular formula is C8H6BrClN2. The van der Waals surface area contributed by atoms with Crippen LogP contribution in [-0.2, 0) is 7.05 Å². The Morgan fingerprint density at radius 2 is 2.25 bits per heavy atom. The van der Waals surface area contributed by atoms with Gasteiger partial charge in [0.15, 0.2) is 0 Å². The van der Waals surface area contributed by atoms with Crippen LogP contribution in [0.15, 0.2) is 22.9 Å². The Morgan fingerprint density at radius 3 is 2.92 bits per heavy atom. The smallest absolute Gasteiger partial charge is 0.108 e. The van der Waals surface area contributed by atoms with Gasteiger partial charge >= 0.3 is 0 Å². The SMILES string of the molecule is Cn1cnc2c(Cl)ccc(Br)c21. The minimum absolute atomic E-state index is 0.689. The number of aromatic nitrogens is 2. The van der Waals surface area contributed by atoms with Crippen molar-refractivity contribution in [2.45, 2.75) is 0 Å². The molecule has 62 valence electrons. The van der Waals surface area contributed by atoms with E-state index in [1.165, 1.54) is 0 Å². The van der Waals surface area contributed by atoms with Gasteiger partial charge in [-0.2, -0.15) is 0 Å². The lowest BCUT2D eigenvalue weighted by Gasteiger charge is -1.98. The molecule has 0 saturated heterocycles. The summed E-state index contributed by atoms with van der Waals surface area (Å²) >= 11 is 9.39. The van der Waals surface area contributed by atoms with Gasteiger partial charge < -0.3 is 4.57 Å². The Hall–Kier alpha value is -0.540. The molecule has 4 heteroatoms. The third kappa shape index (κ3) is 1.04. The summed E-state index contributed by atoms with van der Waals surface area (Å²) in [4.78, 5) is 4.18. The fourth-order valence-corrected chi connectivity index (χ4v) is 1.99. The molecule has 0 fully saturated rings. The summed E-state index contributed by atoms with van der Waals surface area (Å²) in [6.45, 7) is 0. The van der Waals surface area contributed by atoms with E-state index in [9.17, 15) is 0 Å². The summed E-state index contributed by atoms with van der Waals surface area (Å²) in [5.74, 6) is 0. The first-order valence-electron chi connectivity index (χ1n) is 3.45. The van der Waals surface area contributed by atoms with Crippen molar-refractivity contribution in [1.82, 2.24) is 9.55 Å². The summed E-state index contributed by atoms with van der Waals surface area (Å²) in [5.41, 5.74) is 1.87. The zero-order chi connectivity index (χ0) is 8.72. The first-order valence-corrected chi connectivity index (χ1v) is 4.62. The Kier molecular flexibility index (Phi) is 1.85. The van der Waals surface area contributed by atoms with Gasteiger partial charge in [-0.15, -0.1) is 0 Å². The van der Waals surface area contributed by atoms with Crippen LogP contribution in [-0.4, -0.2) is 9.55 Å². The molecule has 0 bridgehead atoms. The molecule has 0 N–H and O–H groups in total. The normalized spacial score (nSPS) is 10.9. The number of benzene rings is 1. The first kappa shape index (κ1) is 8.08. The molecule has 0 spiro atoms. The van der Waals surface area contributed by atoms with E-state index in [2.05, 4.69) is 20.9 Å². The van der Waals surface area contributed by atoms with E-state index in [-0.39, 0.29) is 0 Å². The van der Waals surface area contributed by atoms with Crippen LogP contribution >= 0.6 is 27.5 Å². The molecule has 2 aromatic rings. The second kappa shape index (κ2) is 2.75. The summed E-state index contributed by atoms with van der Waals surface area (Å²) in [7, 11) is 1.94. The lowest BCUT2D eigenvalue weighted by Crippen LogP contribution is -1.84. The molecule has 0 unspecified atom stereocenters. The Bertz CT molecular complexity index is 436. The molecule has 1 aromatic heterocycles. The number of rotatable bonds is 0. The van der Waals surface area contributed by atoms with Crippen LogP contribution in [0.3, 0.4) is 0 Å². The quantitative estimate of drug-likeness (QED) is 0.698. The van der Waals surface area contributed by atoms with Crippen LogP contribution in [0, 0.1) is 0 Å². The number of aryl methyl sites for hydroxylation is 1. The monoisotopic (exact) mass is 244 g/mol. The van der Waals surface area contributed by atoms with Crippen LogP contribution < -0.4 is 0 Å². The molecule has 1 heterocycles. The zero-order valence-corrected chi connectivity index (χ0v) is 8.72. The van der Waals surface area contributed by atoms with Crippen LogP contribution in [0.25, 0.3) is 11.0 Å². The Morgan fingerprint density at radius 1 is 1.50 bits per heavy atom. The van der Waals surface area contributed by atoms with Crippen LogP contribution in [0.5, 0.6) is 0 Å². The first-order chi connectivity index (χ1) is 5.70. The van der Waals surface area contributed by atoms with Crippen molar-refractivity contribution in [3.8, 4) is 0 Å². The van der Waals surface area contributed by atoms with E-state index in [0.717, 1.165) is 15.5 Å². The van der Waals surface area contributed by atoms with Gasteiger partial charge in [0.05, 0.1) is 16.9 Å². The van der Waals surface area contributed by atoms with Crippen LogP contribution in [0.4, 0.5) is 0 Å². The highest BCUT2D eigenvalue weighted by atomic mass is 79.9. The van der Waals surface area contributed by atoms with Gasteiger partial charge in [-0.3, -0.25) is 0 Å². The average Bonchev–Trinajstić information content (AvgIpc) is 2.42. The number of hydrogen-bond acceptors (Lipinski definition) is 1. The van der Waals surface area contributed by atoms with E-state index in [0.29, 0.717) is 5.02 Å². The van der Waals surface area contributed by atoms with Gasteiger partial charge in [0.2, 0.25) is 0 Å². The van der Waals surface area contributed by atoms with Crippen LogP contribution in [0.2, 0.25) is 5.02 Å². The van der Waals surface area contributed by atoms with Gasteiger partial charge in [0.1, 0.15) is 5.52 Å². The van der Waals surface area contributed by atoms with E-state index >= 15 is 0 Å². The summed E-state index contributed by atoms with van der Waals surface area (Å²) in [5, 5.41) is 0.689. The molecular weight excluding hydrogens is 239 g/mol. The average molecular weight is 246 g/mol. The lowest BCUT2D eigenvalue weighted by atomic mass is 10.3. The van der Waals surface area contributed by atoms with Crippen molar-refractivity contribution in [3.63, 3.8) is 0 Å². The van der Waals surface area contributed by atoms with Crippen molar-refractivity contribution in [1.29, 1.82) is 0 Å². The molecule has 0 aliphatic carbocycles. The van der Waals surface area contributed by atoms with Gasteiger partial charge in [0, 0.05) is 11.5 Å². The standard InChI is InChI=1S/C8H6BrClN2/c1-12-4-11-7-6(10)3-2-5(9)8(7)12/h2-4H,1H3. The van der Waals surface area contributed by atoms with Gasteiger partial charge in [-0.25, -0.2) is 4.98 Å². The fourth-order valence-electron chi connectivity index (χ4n) is 1.19. The largest absolute Gasteiger partial charge is 0.333 e. The predicted molar refractivity (Wildman–Crippen MR) is 53.4 cm³/mol. The van der Waals surface area contributed by atoms with E-state index in [1.54, 1.807) is 6.33 Å². The Labute approximate surface area is 83.3 Å². The number of hydrogen-bond donors (Lipinski definition) is 0. The second-order valence-corrected chi connectivity index (χ2v) is 3.84. The molecule has 0 saturated carbocycles. The van der Waals surface area contributed by atoms with E-state index in [4.69, 9.17) is 11.6 Å². The molecule has 2 nitrogen and oxygen atoms in total. The fraction of sp³-hybridized carbons (Fsp3) is 0.125. The predicted octanol–water partition coefficient (Wildman–Crippen LogP) is 2.99. The Balaban J connectivity index is 2.98. The lowest BCUT2D eigenvalue weighted by molar-refractivity contribution is 0.945. The molecule has 0 radical (unpaired) electrons.